The number of H-pyrrole nitrogens is 1. The van der Waals surface area contributed by atoms with Gasteiger partial charge in [0.2, 0.25) is 5.91 Å². The van der Waals surface area contributed by atoms with Crippen molar-refractivity contribution in [2.75, 3.05) is 5.32 Å². The van der Waals surface area contributed by atoms with Crippen LogP contribution in [0.3, 0.4) is 0 Å². The second kappa shape index (κ2) is 8.81. The molecule has 0 aliphatic carbocycles. The molecule has 4 aromatic rings. The molecule has 1 aromatic carbocycles. The van der Waals surface area contributed by atoms with E-state index in [2.05, 4.69) is 25.6 Å². The Hall–Kier alpha value is -3.88. The molecular weight excluding hydrogens is 432 g/mol. The van der Waals surface area contributed by atoms with Gasteiger partial charge in [-0.15, -0.1) is 0 Å². The Morgan fingerprint density at radius 3 is 2.74 bits per heavy atom. The zero-order valence-corrected chi connectivity index (χ0v) is 20.3. The molecule has 3 N–H and O–H groups in total. The fourth-order valence-corrected chi connectivity index (χ4v) is 3.85. The van der Waals surface area contributed by atoms with Crippen LogP contribution in [-0.4, -0.2) is 37.1 Å². The summed E-state index contributed by atoms with van der Waals surface area (Å²) in [6.45, 7) is 9.13. The van der Waals surface area contributed by atoms with Crippen LogP contribution >= 0.6 is 0 Å². The molecule has 34 heavy (non-hydrogen) atoms. The van der Waals surface area contributed by atoms with Crippen LogP contribution in [0.4, 0.5) is 10.6 Å². The second-order valence-electron chi connectivity index (χ2n) is 9.13. The summed E-state index contributed by atoms with van der Waals surface area (Å²) in [7, 11) is 1.90. The topological polar surface area (TPSA) is 114 Å². The van der Waals surface area contributed by atoms with Crippen LogP contribution in [0.2, 0.25) is 0 Å². The molecule has 9 heteroatoms. The van der Waals surface area contributed by atoms with Crippen LogP contribution in [-0.2, 0) is 16.6 Å². The molecule has 0 spiro atoms. The molecule has 0 fully saturated rings. The van der Waals surface area contributed by atoms with Gasteiger partial charge in [-0.05, 0) is 50.5 Å². The fraction of sp³-hybridized carbons (Fsp3) is 0.360. The maximum absolute atomic E-state index is 12.5. The maximum atomic E-state index is 12.5. The first-order valence-corrected chi connectivity index (χ1v) is 11.3. The number of imidazole rings is 1. The van der Waals surface area contributed by atoms with Crippen LogP contribution in [0.15, 0.2) is 36.7 Å². The monoisotopic (exact) mass is 462 g/mol. The molecule has 3 aromatic heterocycles. The van der Waals surface area contributed by atoms with Gasteiger partial charge in [0.25, 0.3) is 0 Å². The van der Waals surface area contributed by atoms with Crippen molar-refractivity contribution in [3.63, 3.8) is 0 Å². The first-order chi connectivity index (χ1) is 16.1. The van der Waals surface area contributed by atoms with E-state index in [-0.39, 0.29) is 11.9 Å². The Bertz CT molecular complexity index is 1380. The van der Waals surface area contributed by atoms with E-state index < -0.39 is 11.7 Å². The summed E-state index contributed by atoms with van der Waals surface area (Å²) in [5, 5.41) is 6.56. The largest absolute Gasteiger partial charge is 0.443 e. The third kappa shape index (κ3) is 4.59. The highest BCUT2D eigenvalue weighted by atomic mass is 16.6. The Balaban J connectivity index is 1.75. The minimum absolute atomic E-state index is 0.0767. The summed E-state index contributed by atoms with van der Waals surface area (Å²) < 4.78 is 7.43. The average molecular weight is 463 g/mol. The van der Waals surface area contributed by atoms with Gasteiger partial charge >= 0.3 is 6.09 Å². The van der Waals surface area contributed by atoms with Gasteiger partial charge in [0.15, 0.2) is 5.82 Å². The van der Waals surface area contributed by atoms with Crippen molar-refractivity contribution in [2.45, 2.75) is 52.7 Å². The van der Waals surface area contributed by atoms with E-state index in [0.717, 1.165) is 27.7 Å². The molecule has 4 rings (SSSR count). The number of rotatable bonds is 6. The molecule has 178 valence electrons. The number of aromatic amines is 1. The second-order valence-corrected chi connectivity index (χ2v) is 9.13. The van der Waals surface area contributed by atoms with E-state index in [1.54, 1.807) is 6.33 Å². The van der Waals surface area contributed by atoms with Crippen LogP contribution in [0.25, 0.3) is 33.3 Å². The van der Waals surface area contributed by atoms with E-state index in [4.69, 9.17) is 4.74 Å². The lowest BCUT2D eigenvalue weighted by Gasteiger charge is -2.23. The van der Waals surface area contributed by atoms with Gasteiger partial charge in [0, 0.05) is 25.1 Å². The number of carbonyl (C=O) groups excluding carboxylic acids is 2. The molecule has 0 aliphatic heterocycles. The molecule has 1 atom stereocenters. The number of carbonyl (C=O) groups is 2. The zero-order chi connectivity index (χ0) is 24.6. The number of fused-ring (bicyclic) bond motifs is 3. The molecule has 1 unspecified atom stereocenters. The fourth-order valence-electron chi connectivity index (χ4n) is 3.85. The van der Waals surface area contributed by atoms with E-state index in [0.29, 0.717) is 23.4 Å². The molecular formula is C25H30N6O3. The number of ether oxygens (including phenoxy) is 1. The molecule has 0 aliphatic rings. The van der Waals surface area contributed by atoms with E-state index in [1.807, 2.05) is 69.6 Å². The molecule has 0 saturated heterocycles. The van der Waals surface area contributed by atoms with E-state index in [1.165, 1.54) is 6.92 Å². The summed E-state index contributed by atoms with van der Waals surface area (Å²) in [5.74, 6) is 0.258. The van der Waals surface area contributed by atoms with Crippen molar-refractivity contribution >= 4 is 39.9 Å². The smallest absolute Gasteiger partial charge is 0.413 e. The van der Waals surface area contributed by atoms with Gasteiger partial charge < -0.3 is 19.6 Å². The van der Waals surface area contributed by atoms with Gasteiger partial charge in [0.05, 0.1) is 17.9 Å². The molecule has 0 radical (unpaired) electrons. The van der Waals surface area contributed by atoms with Crippen molar-refractivity contribution in [3.05, 3.63) is 42.2 Å². The Morgan fingerprint density at radius 2 is 2.03 bits per heavy atom. The summed E-state index contributed by atoms with van der Waals surface area (Å²) in [6, 6.07) is 9.89. The number of amides is 2. The Morgan fingerprint density at radius 1 is 1.26 bits per heavy atom. The third-order valence-electron chi connectivity index (χ3n) is 6.00. The summed E-state index contributed by atoms with van der Waals surface area (Å²) in [6.07, 6.45) is 1.81. The lowest BCUT2D eigenvalue weighted by Crippen LogP contribution is -2.30. The Labute approximate surface area is 197 Å². The highest BCUT2D eigenvalue weighted by Gasteiger charge is 2.23. The summed E-state index contributed by atoms with van der Waals surface area (Å²) in [5.41, 5.74) is 4.29. The third-order valence-corrected chi connectivity index (χ3v) is 6.00. The number of pyridine rings is 1. The molecule has 0 saturated carbocycles. The van der Waals surface area contributed by atoms with E-state index in [9.17, 15) is 9.59 Å². The van der Waals surface area contributed by atoms with Crippen molar-refractivity contribution in [1.29, 1.82) is 0 Å². The molecule has 2 amide bonds. The van der Waals surface area contributed by atoms with Gasteiger partial charge in [-0.25, -0.2) is 14.8 Å². The highest BCUT2D eigenvalue weighted by molar-refractivity contribution is 6.09. The van der Waals surface area contributed by atoms with Crippen molar-refractivity contribution < 1.29 is 14.3 Å². The zero-order valence-electron chi connectivity index (χ0n) is 20.3. The predicted octanol–water partition coefficient (Wildman–Crippen LogP) is 5.05. The minimum Gasteiger partial charge on any atom is -0.443 e. The van der Waals surface area contributed by atoms with Crippen LogP contribution in [0, 0.1) is 0 Å². The number of aryl methyl sites for hydroxylation is 1. The number of anilines is 1. The highest BCUT2D eigenvalue weighted by Crippen LogP contribution is 2.32. The average Bonchev–Trinajstić information content (AvgIpc) is 3.36. The normalized spacial score (nSPS) is 12.6. The minimum atomic E-state index is -0.587. The van der Waals surface area contributed by atoms with Gasteiger partial charge in [-0.1, -0.05) is 25.1 Å². The van der Waals surface area contributed by atoms with Crippen molar-refractivity contribution in [3.8, 4) is 11.3 Å². The number of benzene rings is 1. The van der Waals surface area contributed by atoms with E-state index >= 15 is 0 Å². The summed E-state index contributed by atoms with van der Waals surface area (Å²) in [4.78, 5) is 36.5. The maximum Gasteiger partial charge on any atom is 0.413 e. The van der Waals surface area contributed by atoms with Gasteiger partial charge in [0.1, 0.15) is 16.8 Å². The molecule has 0 bridgehead atoms. The van der Waals surface area contributed by atoms with Crippen LogP contribution < -0.4 is 10.6 Å². The lowest BCUT2D eigenvalue weighted by atomic mass is 10.0. The lowest BCUT2D eigenvalue weighted by molar-refractivity contribution is -0.119. The number of aromatic nitrogens is 4. The number of nitrogens with zero attached hydrogens (tertiary/aromatic N) is 3. The standard InChI is InChI=1S/C25H30N6O3/c1-7-25(4,5)34-24(33)30-23-20-21(31(6)13-26-20)18-12-19(28-22(18)29-23)17-10-8-9-16(11-17)14(2)27-15(3)32/h8-14H,7H2,1-6H3,(H,27,32)(H2,28,29,30,33). The quantitative estimate of drug-likeness (QED) is 0.371. The van der Waals surface area contributed by atoms with Crippen LogP contribution in [0.5, 0.6) is 0 Å². The first-order valence-electron chi connectivity index (χ1n) is 11.3. The van der Waals surface area contributed by atoms with Crippen molar-refractivity contribution in [2.24, 2.45) is 7.05 Å². The predicted molar refractivity (Wildman–Crippen MR) is 133 cm³/mol. The SMILES string of the molecule is CCC(C)(C)OC(=O)Nc1nc2[nH]c(-c3cccc(C(C)NC(C)=O)c3)cc2c2c1ncn2C. The van der Waals surface area contributed by atoms with Crippen molar-refractivity contribution in [1.82, 2.24) is 24.8 Å². The number of nitrogens with one attached hydrogen (secondary N) is 3. The summed E-state index contributed by atoms with van der Waals surface area (Å²) >= 11 is 0. The van der Waals surface area contributed by atoms with Gasteiger partial charge in [-0.2, -0.15) is 0 Å². The number of hydrogen-bond donors (Lipinski definition) is 3. The van der Waals surface area contributed by atoms with Gasteiger partial charge in [-0.3, -0.25) is 10.1 Å². The molecule has 9 nitrogen and oxygen atoms in total. The first kappa shape index (κ1) is 23.3. The van der Waals surface area contributed by atoms with Crippen LogP contribution in [0.1, 0.15) is 52.6 Å². The number of hydrogen-bond acceptors (Lipinski definition) is 5. The Kier molecular flexibility index (Phi) is 6.03. The molecule has 3 heterocycles.